The Morgan fingerprint density at radius 1 is 1.10 bits per heavy atom. The Kier molecular flexibility index (Phi) is 11.5. The normalized spacial score (nSPS) is 11.2. The van der Waals surface area contributed by atoms with E-state index >= 15 is 0 Å². The summed E-state index contributed by atoms with van der Waals surface area (Å²) in [6.07, 6.45) is 0. The monoisotopic (exact) mass is 519 g/mol. The molecular weight excluding hydrogens is 491 g/mol. The van der Waals surface area contributed by atoms with Gasteiger partial charge in [0.25, 0.3) is 0 Å². The van der Waals surface area contributed by atoms with Crippen molar-refractivity contribution in [2.24, 2.45) is 4.99 Å². The Morgan fingerprint density at radius 3 is 2.55 bits per heavy atom. The smallest absolute Gasteiger partial charge is 0.387 e. The first-order valence-electron chi connectivity index (χ1n) is 9.15. The number of guanidine groups is 1. The second-order valence-electron chi connectivity index (χ2n) is 6.29. The van der Waals surface area contributed by atoms with Gasteiger partial charge in [-0.15, -0.1) is 24.0 Å². The van der Waals surface area contributed by atoms with Gasteiger partial charge < -0.3 is 20.1 Å². The van der Waals surface area contributed by atoms with Crippen LogP contribution in [0, 0.1) is 6.92 Å². The van der Waals surface area contributed by atoms with Crippen LogP contribution in [0.1, 0.15) is 29.2 Å². The highest BCUT2D eigenvalue weighted by atomic mass is 127. The third-order valence-electron chi connectivity index (χ3n) is 3.94. The lowest BCUT2D eigenvalue weighted by atomic mass is 10.1. The summed E-state index contributed by atoms with van der Waals surface area (Å²) in [4.78, 5) is 4.58. The minimum atomic E-state index is -2.86. The molecule has 0 saturated carbocycles. The zero-order valence-electron chi connectivity index (χ0n) is 16.9. The minimum absolute atomic E-state index is 0. The Labute approximate surface area is 187 Å². The summed E-state index contributed by atoms with van der Waals surface area (Å²) in [7, 11) is 1.66. The number of benzene rings is 2. The van der Waals surface area contributed by atoms with Gasteiger partial charge in [0.1, 0.15) is 5.75 Å². The number of alkyl halides is 2. The molecular formula is C21H28F2IN3O2. The van der Waals surface area contributed by atoms with Crippen LogP contribution in [0.4, 0.5) is 8.78 Å². The van der Waals surface area contributed by atoms with Crippen molar-refractivity contribution in [2.75, 3.05) is 13.7 Å². The van der Waals surface area contributed by atoms with Crippen molar-refractivity contribution in [3.05, 3.63) is 64.7 Å². The highest BCUT2D eigenvalue weighted by Gasteiger charge is 2.10. The number of hydrogen-bond acceptors (Lipinski definition) is 3. The molecule has 8 heteroatoms. The number of ether oxygens (including phenoxy) is 2. The van der Waals surface area contributed by atoms with Gasteiger partial charge in [-0.05, 0) is 31.0 Å². The number of methoxy groups -OCH3 is 1. The standard InChI is InChI=1S/C21H27F2N3O2.HI/c1-4-24-21(25-12-16-6-5-7-17(11-16)14-27-3)26-13-18-10-15(2)8-9-19(18)28-20(22)23;/h5-11,20H,4,12-14H2,1-3H3,(H2,24,25,26);1H. The molecule has 0 atom stereocenters. The van der Waals surface area contributed by atoms with Crippen molar-refractivity contribution in [2.45, 2.75) is 40.2 Å². The molecule has 0 heterocycles. The second kappa shape index (κ2) is 13.3. The van der Waals surface area contributed by atoms with Gasteiger partial charge in [0.2, 0.25) is 0 Å². The van der Waals surface area contributed by atoms with E-state index < -0.39 is 6.61 Å². The second-order valence-corrected chi connectivity index (χ2v) is 6.29. The minimum Gasteiger partial charge on any atom is -0.434 e. The molecule has 0 bridgehead atoms. The van der Waals surface area contributed by atoms with Crippen LogP contribution in [0.15, 0.2) is 47.5 Å². The van der Waals surface area contributed by atoms with E-state index in [0.717, 1.165) is 16.7 Å². The lowest BCUT2D eigenvalue weighted by Gasteiger charge is -2.15. The summed E-state index contributed by atoms with van der Waals surface area (Å²) in [6, 6.07) is 13.1. The van der Waals surface area contributed by atoms with E-state index in [2.05, 4.69) is 20.4 Å². The summed E-state index contributed by atoms with van der Waals surface area (Å²) >= 11 is 0. The average molecular weight is 519 g/mol. The Bertz CT molecular complexity index is 788. The fraction of sp³-hybridized carbons (Fsp3) is 0.381. The van der Waals surface area contributed by atoms with Crippen molar-refractivity contribution >= 4 is 29.9 Å². The highest BCUT2D eigenvalue weighted by molar-refractivity contribution is 14.0. The fourth-order valence-corrected chi connectivity index (χ4v) is 2.73. The van der Waals surface area contributed by atoms with Crippen molar-refractivity contribution < 1.29 is 18.3 Å². The fourth-order valence-electron chi connectivity index (χ4n) is 2.73. The number of hydrogen-bond donors (Lipinski definition) is 2. The maximum atomic E-state index is 12.6. The molecule has 2 rings (SSSR count). The molecule has 29 heavy (non-hydrogen) atoms. The Hall–Kier alpha value is -1.94. The van der Waals surface area contributed by atoms with E-state index in [4.69, 9.17) is 4.74 Å². The molecule has 0 unspecified atom stereocenters. The first kappa shape index (κ1) is 25.1. The molecule has 5 nitrogen and oxygen atoms in total. The van der Waals surface area contributed by atoms with Crippen LogP contribution in [-0.4, -0.2) is 26.2 Å². The first-order valence-corrected chi connectivity index (χ1v) is 9.15. The topological polar surface area (TPSA) is 54.9 Å². The third-order valence-corrected chi connectivity index (χ3v) is 3.94. The summed E-state index contributed by atoms with van der Waals surface area (Å²) in [5.74, 6) is 0.764. The maximum Gasteiger partial charge on any atom is 0.387 e. The molecule has 0 aliphatic heterocycles. The number of aryl methyl sites for hydroxylation is 1. The number of nitrogens with one attached hydrogen (secondary N) is 2. The summed E-state index contributed by atoms with van der Waals surface area (Å²) < 4.78 is 35.0. The molecule has 2 aromatic carbocycles. The van der Waals surface area contributed by atoms with Crippen molar-refractivity contribution in [3.63, 3.8) is 0 Å². The van der Waals surface area contributed by atoms with E-state index in [1.165, 1.54) is 0 Å². The molecule has 0 amide bonds. The lowest BCUT2D eigenvalue weighted by molar-refractivity contribution is -0.0504. The summed E-state index contributed by atoms with van der Waals surface area (Å²) in [5, 5.41) is 6.34. The van der Waals surface area contributed by atoms with E-state index in [1.807, 2.05) is 44.2 Å². The average Bonchev–Trinajstić information content (AvgIpc) is 2.66. The number of aliphatic imine (C=N–C) groups is 1. The van der Waals surface area contributed by atoms with Gasteiger partial charge in [0.05, 0.1) is 13.2 Å². The van der Waals surface area contributed by atoms with Crippen LogP contribution in [0.5, 0.6) is 5.75 Å². The predicted molar refractivity (Wildman–Crippen MR) is 122 cm³/mol. The molecule has 160 valence electrons. The van der Waals surface area contributed by atoms with Gasteiger partial charge in [-0.25, -0.2) is 4.99 Å². The van der Waals surface area contributed by atoms with Gasteiger partial charge in [-0.1, -0.05) is 42.0 Å². The number of halogens is 3. The maximum absolute atomic E-state index is 12.6. The van der Waals surface area contributed by atoms with Crippen molar-refractivity contribution in [3.8, 4) is 5.75 Å². The lowest BCUT2D eigenvalue weighted by Crippen LogP contribution is -2.36. The van der Waals surface area contributed by atoms with Crippen LogP contribution in [0.2, 0.25) is 0 Å². The van der Waals surface area contributed by atoms with Gasteiger partial charge in [0.15, 0.2) is 5.96 Å². The summed E-state index contributed by atoms with van der Waals surface area (Å²) in [5.41, 5.74) is 3.76. The number of nitrogens with zero attached hydrogens (tertiary/aromatic N) is 1. The Balaban J connectivity index is 0.00000420. The van der Waals surface area contributed by atoms with Gasteiger partial charge >= 0.3 is 6.61 Å². The van der Waals surface area contributed by atoms with E-state index in [-0.39, 0.29) is 29.7 Å². The molecule has 0 aliphatic rings. The quantitative estimate of drug-likeness (QED) is 0.289. The van der Waals surface area contributed by atoms with Crippen LogP contribution in [-0.2, 0) is 24.4 Å². The largest absolute Gasteiger partial charge is 0.434 e. The van der Waals surface area contributed by atoms with Gasteiger partial charge in [-0.3, -0.25) is 0 Å². The predicted octanol–water partition coefficient (Wildman–Crippen LogP) is 4.62. The van der Waals surface area contributed by atoms with Crippen LogP contribution >= 0.6 is 24.0 Å². The highest BCUT2D eigenvalue weighted by Crippen LogP contribution is 2.22. The molecule has 0 radical (unpaired) electrons. The third kappa shape index (κ3) is 8.95. The van der Waals surface area contributed by atoms with E-state index in [0.29, 0.717) is 37.8 Å². The molecule has 2 aromatic rings. The summed E-state index contributed by atoms with van der Waals surface area (Å²) in [6.45, 7) is 3.05. The molecule has 2 N–H and O–H groups in total. The van der Waals surface area contributed by atoms with Crippen molar-refractivity contribution in [1.82, 2.24) is 10.6 Å². The van der Waals surface area contributed by atoms with Crippen LogP contribution in [0.3, 0.4) is 0 Å². The molecule has 0 aromatic heterocycles. The molecule has 0 aliphatic carbocycles. The van der Waals surface area contributed by atoms with Gasteiger partial charge in [-0.2, -0.15) is 8.78 Å². The zero-order chi connectivity index (χ0) is 20.4. The van der Waals surface area contributed by atoms with E-state index in [9.17, 15) is 8.78 Å². The van der Waals surface area contributed by atoms with E-state index in [1.54, 1.807) is 19.2 Å². The van der Waals surface area contributed by atoms with Gasteiger partial charge in [0, 0.05) is 25.8 Å². The van der Waals surface area contributed by atoms with Crippen LogP contribution in [0.25, 0.3) is 0 Å². The van der Waals surface area contributed by atoms with Crippen LogP contribution < -0.4 is 15.4 Å². The molecule has 0 spiro atoms. The molecule has 0 fully saturated rings. The van der Waals surface area contributed by atoms with Crippen molar-refractivity contribution in [1.29, 1.82) is 0 Å². The SMILES string of the molecule is CCNC(=NCc1cccc(COC)c1)NCc1cc(C)ccc1OC(F)F.I. The molecule has 0 saturated heterocycles. The first-order chi connectivity index (χ1) is 13.5. The zero-order valence-corrected chi connectivity index (χ0v) is 19.2. The Morgan fingerprint density at radius 2 is 1.86 bits per heavy atom. The number of rotatable bonds is 9.